The van der Waals surface area contributed by atoms with Gasteiger partial charge >= 0.3 is 0 Å². The first kappa shape index (κ1) is 12.0. The number of thiophene rings is 1. The predicted molar refractivity (Wildman–Crippen MR) is 70.1 cm³/mol. The highest BCUT2D eigenvalue weighted by Gasteiger charge is 2.20. The van der Waals surface area contributed by atoms with E-state index in [-0.39, 0.29) is 0 Å². The van der Waals surface area contributed by atoms with Gasteiger partial charge in [-0.3, -0.25) is 4.90 Å². The van der Waals surface area contributed by atoms with E-state index in [2.05, 4.69) is 46.7 Å². The third kappa shape index (κ3) is 3.04. The molecule has 2 rings (SSSR count). The van der Waals surface area contributed by atoms with Gasteiger partial charge in [-0.1, -0.05) is 6.07 Å². The summed E-state index contributed by atoms with van der Waals surface area (Å²) in [6.45, 7) is 5.76. The quantitative estimate of drug-likeness (QED) is 0.853. The minimum absolute atomic E-state index is 0.540. The Labute approximate surface area is 102 Å². The van der Waals surface area contributed by atoms with Gasteiger partial charge in [0.15, 0.2) is 0 Å². The molecule has 2 heterocycles. The Bertz CT molecular complexity index is 291. The monoisotopic (exact) mass is 239 g/mol. The van der Waals surface area contributed by atoms with E-state index in [1.54, 1.807) is 0 Å². The normalized spacial score (nSPS) is 20.2. The van der Waals surface area contributed by atoms with Crippen molar-refractivity contribution in [3.63, 3.8) is 0 Å². The second-order valence-corrected chi connectivity index (χ2v) is 5.52. The van der Waals surface area contributed by atoms with Gasteiger partial charge in [-0.15, -0.1) is 11.3 Å². The fourth-order valence-electron chi connectivity index (χ4n) is 2.13. The zero-order chi connectivity index (χ0) is 11.4. The van der Waals surface area contributed by atoms with Crippen molar-refractivity contribution in [2.75, 3.05) is 46.8 Å². The molecular formula is C12H21N3S. The lowest BCUT2D eigenvalue weighted by Gasteiger charge is -2.33. The van der Waals surface area contributed by atoms with E-state index in [0.717, 1.165) is 19.6 Å². The second kappa shape index (κ2) is 5.77. The lowest BCUT2D eigenvalue weighted by atomic mass is 10.2. The third-order valence-corrected chi connectivity index (χ3v) is 4.11. The molecule has 1 aromatic heterocycles. The zero-order valence-corrected chi connectivity index (χ0v) is 11.0. The summed E-state index contributed by atoms with van der Waals surface area (Å²) in [5, 5.41) is 5.57. The van der Waals surface area contributed by atoms with Crippen LogP contribution in [0.3, 0.4) is 0 Å². The minimum Gasteiger partial charge on any atom is -0.314 e. The molecule has 1 aromatic rings. The highest BCUT2D eigenvalue weighted by molar-refractivity contribution is 7.10. The van der Waals surface area contributed by atoms with Crippen LogP contribution in [0, 0.1) is 0 Å². The van der Waals surface area contributed by atoms with Crippen molar-refractivity contribution in [2.24, 2.45) is 0 Å². The molecular weight excluding hydrogens is 218 g/mol. The van der Waals surface area contributed by atoms with Crippen molar-refractivity contribution in [1.29, 1.82) is 0 Å². The lowest BCUT2D eigenvalue weighted by molar-refractivity contribution is 0.170. The van der Waals surface area contributed by atoms with Gasteiger partial charge in [0.25, 0.3) is 0 Å². The van der Waals surface area contributed by atoms with E-state index >= 15 is 0 Å². The fraction of sp³-hybridized carbons (Fsp3) is 0.667. The summed E-state index contributed by atoms with van der Waals surface area (Å²) in [5.41, 5.74) is 0. The van der Waals surface area contributed by atoms with Crippen molar-refractivity contribution >= 4 is 11.3 Å². The topological polar surface area (TPSA) is 18.5 Å². The lowest BCUT2D eigenvalue weighted by Crippen LogP contribution is -2.46. The van der Waals surface area contributed by atoms with Crippen LogP contribution in [0.15, 0.2) is 17.5 Å². The molecule has 1 unspecified atom stereocenters. The number of nitrogens with one attached hydrogen (secondary N) is 1. The Morgan fingerprint density at radius 1 is 1.44 bits per heavy atom. The van der Waals surface area contributed by atoms with E-state index < -0.39 is 0 Å². The molecule has 0 aromatic carbocycles. The van der Waals surface area contributed by atoms with E-state index in [4.69, 9.17) is 0 Å². The van der Waals surface area contributed by atoms with Crippen LogP contribution in [0.2, 0.25) is 0 Å². The maximum absolute atomic E-state index is 3.40. The van der Waals surface area contributed by atoms with Gasteiger partial charge in [-0.05, 0) is 25.5 Å². The van der Waals surface area contributed by atoms with Gasteiger partial charge in [-0.2, -0.15) is 0 Å². The Hall–Kier alpha value is -0.420. The van der Waals surface area contributed by atoms with Crippen molar-refractivity contribution in [2.45, 2.75) is 6.04 Å². The van der Waals surface area contributed by atoms with Crippen molar-refractivity contribution < 1.29 is 0 Å². The van der Waals surface area contributed by atoms with Crippen LogP contribution in [0.25, 0.3) is 0 Å². The summed E-state index contributed by atoms with van der Waals surface area (Å²) < 4.78 is 0. The van der Waals surface area contributed by atoms with Gasteiger partial charge in [0, 0.05) is 37.6 Å². The fourth-order valence-corrected chi connectivity index (χ4v) is 3.04. The third-order valence-electron chi connectivity index (χ3n) is 3.14. The summed E-state index contributed by atoms with van der Waals surface area (Å²) in [7, 11) is 4.35. The van der Waals surface area contributed by atoms with Gasteiger partial charge in [0.05, 0.1) is 6.04 Å². The first-order chi connectivity index (χ1) is 7.77. The van der Waals surface area contributed by atoms with Gasteiger partial charge in [-0.25, -0.2) is 0 Å². The van der Waals surface area contributed by atoms with Crippen LogP contribution in [-0.2, 0) is 0 Å². The van der Waals surface area contributed by atoms with E-state index in [9.17, 15) is 0 Å². The highest BCUT2D eigenvalue weighted by Crippen LogP contribution is 2.24. The first-order valence-electron chi connectivity index (χ1n) is 5.90. The number of hydrogen-bond donors (Lipinski definition) is 1. The molecule has 1 N–H and O–H groups in total. The molecule has 0 saturated carbocycles. The molecule has 16 heavy (non-hydrogen) atoms. The number of piperazine rings is 1. The van der Waals surface area contributed by atoms with E-state index in [0.29, 0.717) is 6.04 Å². The Morgan fingerprint density at radius 3 is 2.75 bits per heavy atom. The van der Waals surface area contributed by atoms with E-state index in [1.165, 1.54) is 18.0 Å². The molecule has 1 saturated heterocycles. The van der Waals surface area contributed by atoms with Gasteiger partial charge in [0.2, 0.25) is 0 Å². The van der Waals surface area contributed by atoms with Gasteiger partial charge < -0.3 is 10.2 Å². The number of rotatable bonds is 4. The average molecular weight is 239 g/mol. The largest absolute Gasteiger partial charge is 0.314 e. The second-order valence-electron chi connectivity index (χ2n) is 4.55. The predicted octanol–water partition coefficient (Wildman–Crippen LogP) is 1.26. The average Bonchev–Trinajstić information content (AvgIpc) is 2.80. The summed E-state index contributed by atoms with van der Waals surface area (Å²) in [6.07, 6.45) is 0. The molecule has 1 aliphatic heterocycles. The molecule has 1 atom stereocenters. The standard InChI is InChI=1S/C12H21N3S/c1-14(2)11(12-4-3-9-16-12)10-15-7-5-13-6-8-15/h3-4,9,11,13H,5-8,10H2,1-2H3. The Morgan fingerprint density at radius 2 is 2.19 bits per heavy atom. The molecule has 0 spiro atoms. The van der Waals surface area contributed by atoms with Crippen molar-refractivity contribution in [3.8, 4) is 0 Å². The molecule has 1 aliphatic rings. The number of likely N-dealkylation sites (N-methyl/N-ethyl adjacent to an activating group) is 1. The van der Waals surface area contributed by atoms with Crippen LogP contribution < -0.4 is 5.32 Å². The van der Waals surface area contributed by atoms with Crippen LogP contribution in [0.5, 0.6) is 0 Å². The molecule has 90 valence electrons. The van der Waals surface area contributed by atoms with E-state index in [1.807, 2.05) is 11.3 Å². The summed E-state index contributed by atoms with van der Waals surface area (Å²) in [5.74, 6) is 0. The molecule has 0 radical (unpaired) electrons. The summed E-state index contributed by atoms with van der Waals surface area (Å²) in [4.78, 5) is 6.36. The van der Waals surface area contributed by atoms with Crippen LogP contribution in [0.4, 0.5) is 0 Å². The highest BCUT2D eigenvalue weighted by atomic mass is 32.1. The number of nitrogens with zero attached hydrogens (tertiary/aromatic N) is 2. The Kier molecular flexibility index (Phi) is 4.35. The maximum atomic E-state index is 3.40. The first-order valence-corrected chi connectivity index (χ1v) is 6.78. The van der Waals surface area contributed by atoms with Crippen LogP contribution >= 0.6 is 11.3 Å². The minimum atomic E-state index is 0.540. The molecule has 1 fully saturated rings. The van der Waals surface area contributed by atoms with Crippen molar-refractivity contribution in [3.05, 3.63) is 22.4 Å². The summed E-state index contributed by atoms with van der Waals surface area (Å²) >= 11 is 1.86. The van der Waals surface area contributed by atoms with Crippen molar-refractivity contribution in [1.82, 2.24) is 15.1 Å². The van der Waals surface area contributed by atoms with Crippen LogP contribution in [0.1, 0.15) is 10.9 Å². The molecule has 0 bridgehead atoms. The molecule has 4 heteroatoms. The van der Waals surface area contributed by atoms with Crippen LogP contribution in [-0.4, -0.2) is 56.6 Å². The molecule has 0 amide bonds. The Balaban J connectivity index is 1.97. The smallest absolute Gasteiger partial charge is 0.0564 e. The van der Waals surface area contributed by atoms with Gasteiger partial charge in [0.1, 0.15) is 0 Å². The molecule has 0 aliphatic carbocycles. The molecule has 3 nitrogen and oxygen atoms in total. The zero-order valence-electron chi connectivity index (χ0n) is 10.1. The summed E-state index contributed by atoms with van der Waals surface area (Å²) in [6, 6.07) is 4.93. The number of hydrogen-bond acceptors (Lipinski definition) is 4. The maximum Gasteiger partial charge on any atom is 0.0564 e. The SMILES string of the molecule is CN(C)C(CN1CCNCC1)c1cccs1.